The summed E-state index contributed by atoms with van der Waals surface area (Å²) in [6, 6.07) is 24.5. The third-order valence-corrected chi connectivity index (χ3v) is 4.48. The van der Waals surface area contributed by atoms with Gasteiger partial charge in [0.05, 0.1) is 5.71 Å². The Labute approximate surface area is 157 Å². The van der Waals surface area contributed by atoms with Crippen molar-refractivity contribution in [3.63, 3.8) is 0 Å². The lowest BCUT2D eigenvalue weighted by Crippen LogP contribution is -2.25. The van der Waals surface area contributed by atoms with E-state index in [9.17, 15) is 4.79 Å². The van der Waals surface area contributed by atoms with E-state index in [0.717, 1.165) is 22.6 Å². The summed E-state index contributed by atoms with van der Waals surface area (Å²) in [5.74, 6) is 0.487. The fraction of sp³-hybridized carbons (Fsp3) is 0.0909. The lowest BCUT2D eigenvalue weighted by atomic mass is 9.96. The number of ether oxygens (including phenoxy) is 1. The zero-order valence-corrected chi connectivity index (χ0v) is 14.6. The summed E-state index contributed by atoms with van der Waals surface area (Å²) in [5.41, 5.74) is 12.2. The van der Waals surface area contributed by atoms with Crippen LogP contribution in [-0.2, 0) is 0 Å². The molecule has 1 amide bonds. The third kappa shape index (κ3) is 3.67. The number of carbonyl (C=O) groups excluding carboxylic acids is 1. The molecule has 27 heavy (non-hydrogen) atoms. The number of nitrogens with two attached hydrogens (primary N) is 1. The first-order valence-electron chi connectivity index (χ1n) is 8.74. The quantitative estimate of drug-likeness (QED) is 0.551. The second-order valence-electron chi connectivity index (χ2n) is 6.34. The van der Waals surface area contributed by atoms with E-state index in [2.05, 4.69) is 10.5 Å². The second-order valence-corrected chi connectivity index (χ2v) is 6.34. The van der Waals surface area contributed by atoms with Crippen LogP contribution in [0.25, 0.3) is 0 Å². The maximum atomic E-state index is 12.4. The van der Waals surface area contributed by atoms with Crippen molar-refractivity contribution in [1.29, 1.82) is 0 Å². The van der Waals surface area contributed by atoms with E-state index in [0.29, 0.717) is 17.7 Å². The molecule has 3 aromatic carbocycles. The molecular formula is C22H19N3O2. The Kier molecular flexibility index (Phi) is 4.58. The summed E-state index contributed by atoms with van der Waals surface area (Å²) in [5, 5.41) is 4.40. The minimum atomic E-state index is -0.275. The van der Waals surface area contributed by atoms with Crippen molar-refractivity contribution in [2.24, 2.45) is 5.10 Å². The Morgan fingerprint density at radius 2 is 1.67 bits per heavy atom. The summed E-state index contributed by atoms with van der Waals surface area (Å²) >= 11 is 0. The molecule has 3 aromatic rings. The van der Waals surface area contributed by atoms with Crippen LogP contribution in [0.3, 0.4) is 0 Å². The van der Waals surface area contributed by atoms with Gasteiger partial charge < -0.3 is 10.5 Å². The van der Waals surface area contributed by atoms with Crippen molar-refractivity contribution in [1.82, 2.24) is 5.43 Å². The number of hydrazone groups is 1. The number of anilines is 1. The monoisotopic (exact) mass is 357 g/mol. The highest BCUT2D eigenvalue weighted by molar-refractivity contribution is 6.05. The fourth-order valence-corrected chi connectivity index (χ4v) is 3.07. The van der Waals surface area contributed by atoms with Gasteiger partial charge in [-0.25, -0.2) is 5.43 Å². The van der Waals surface area contributed by atoms with E-state index < -0.39 is 0 Å². The Morgan fingerprint density at radius 1 is 0.963 bits per heavy atom. The molecule has 5 nitrogen and oxygen atoms in total. The molecule has 0 saturated carbocycles. The van der Waals surface area contributed by atoms with Gasteiger partial charge >= 0.3 is 0 Å². The highest BCUT2D eigenvalue weighted by atomic mass is 16.5. The number of fused-ring (bicyclic) bond motifs is 1. The second kappa shape index (κ2) is 7.33. The number of nitrogens with zero attached hydrogens (tertiary/aromatic N) is 1. The first-order valence-corrected chi connectivity index (χ1v) is 8.74. The first-order chi connectivity index (χ1) is 13.2. The molecular weight excluding hydrogens is 338 g/mol. The van der Waals surface area contributed by atoms with Gasteiger partial charge in [-0.15, -0.1) is 0 Å². The largest absolute Gasteiger partial charge is 0.485 e. The maximum absolute atomic E-state index is 12.4. The van der Waals surface area contributed by atoms with Gasteiger partial charge in [0.2, 0.25) is 0 Å². The van der Waals surface area contributed by atoms with Gasteiger partial charge in [0.1, 0.15) is 11.9 Å². The normalized spacial score (nSPS) is 17.0. The standard InChI is InChI=1S/C22H19N3O2/c23-17-12-10-16(11-13-17)22(26)25-24-19-14-21(15-6-2-1-3-7-15)27-20-9-5-4-8-18(19)20/h1-13,21H,14,23H2,(H,25,26)/b24-19-/t21-/m1/s1. The summed E-state index contributed by atoms with van der Waals surface area (Å²) in [4.78, 5) is 12.4. The number of hydrogen-bond acceptors (Lipinski definition) is 4. The Hall–Kier alpha value is -3.60. The minimum absolute atomic E-state index is 0.145. The fourth-order valence-electron chi connectivity index (χ4n) is 3.07. The number of hydrogen-bond donors (Lipinski definition) is 2. The van der Waals surface area contributed by atoms with Crippen LogP contribution in [-0.4, -0.2) is 11.6 Å². The molecule has 0 unspecified atom stereocenters. The van der Waals surface area contributed by atoms with Crippen LogP contribution in [0.15, 0.2) is 84.0 Å². The predicted molar refractivity (Wildman–Crippen MR) is 106 cm³/mol. The summed E-state index contributed by atoms with van der Waals surface area (Å²) in [6.45, 7) is 0. The van der Waals surface area contributed by atoms with Crippen molar-refractivity contribution in [2.45, 2.75) is 12.5 Å². The van der Waals surface area contributed by atoms with Crippen LogP contribution in [0.1, 0.15) is 34.0 Å². The molecule has 0 radical (unpaired) electrons. The molecule has 1 heterocycles. The maximum Gasteiger partial charge on any atom is 0.271 e. The molecule has 1 atom stereocenters. The molecule has 0 saturated heterocycles. The first kappa shape index (κ1) is 16.8. The van der Waals surface area contributed by atoms with Crippen LogP contribution in [0.5, 0.6) is 5.75 Å². The summed E-state index contributed by atoms with van der Waals surface area (Å²) in [6.07, 6.45) is 0.427. The number of amides is 1. The summed E-state index contributed by atoms with van der Waals surface area (Å²) < 4.78 is 6.15. The molecule has 3 N–H and O–H groups in total. The van der Waals surface area contributed by atoms with Gasteiger partial charge in [-0.2, -0.15) is 5.10 Å². The molecule has 1 aliphatic heterocycles. The number of rotatable bonds is 3. The number of carbonyl (C=O) groups is 1. The van der Waals surface area contributed by atoms with E-state index in [1.807, 2.05) is 54.6 Å². The average molecular weight is 357 g/mol. The van der Waals surface area contributed by atoms with Crippen LogP contribution in [0.4, 0.5) is 5.69 Å². The van der Waals surface area contributed by atoms with Gasteiger partial charge in [0.25, 0.3) is 5.91 Å². The molecule has 5 heteroatoms. The van der Waals surface area contributed by atoms with Crippen LogP contribution < -0.4 is 15.9 Å². The van der Waals surface area contributed by atoms with Crippen molar-refractivity contribution >= 4 is 17.3 Å². The number of para-hydroxylation sites is 1. The van der Waals surface area contributed by atoms with Crippen LogP contribution in [0, 0.1) is 0 Å². The number of nitrogen functional groups attached to an aromatic ring is 1. The Balaban J connectivity index is 1.61. The van der Waals surface area contributed by atoms with E-state index in [1.165, 1.54) is 0 Å². The van der Waals surface area contributed by atoms with E-state index in [-0.39, 0.29) is 12.0 Å². The topological polar surface area (TPSA) is 76.7 Å². The average Bonchev–Trinajstić information content (AvgIpc) is 2.72. The highest BCUT2D eigenvalue weighted by Crippen LogP contribution is 2.34. The van der Waals surface area contributed by atoms with E-state index in [4.69, 9.17) is 10.5 Å². The molecule has 4 rings (SSSR count). The molecule has 134 valence electrons. The number of nitrogens with one attached hydrogen (secondary N) is 1. The SMILES string of the molecule is Nc1ccc(C(=O)N/N=C2/C[C@H](c3ccccc3)Oc3ccccc32)cc1. The van der Waals surface area contributed by atoms with Gasteiger partial charge in [-0.3, -0.25) is 4.79 Å². The minimum Gasteiger partial charge on any atom is -0.485 e. The van der Waals surface area contributed by atoms with Crippen LogP contribution >= 0.6 is 0 Å². The lowest BCUT2D eigenvalue weighted by Gasteiger charge is -2.27. The molecule has 1 aliphatic rings. The van der Waals surface area contributed by atoms with Crippen LogP contribution in [0.2, 0.25) is 0 Å². The smallest absolute Gasteiger partial charge is 0.271 e. The Bertz CT molecular complexity index is 982. The Morgan fingerprint density at radius 3 is 2.44 bits per heavy atom. The zero-order chi connectivity index (χ0) is 18.6. The van der Waals surface area contributed by atoms with Crippen molar-refractivity contribution in [3.8, 4) is 5.75 Å². The van der Waals surface area contributed by atoms with Gasteiger partial charge in [-0.05, 0) is 42.0 Å². The van der Waals surface area contributed by atoms with Gasteiger partial charge in [0, 0.05) is 23.2 Å². The zero-order valence-electron chi connectivity index (χ0n) is 14.6. The molecule has 0 spiro atoms. The summed E-state index contributed by atoms with van der Waals surface area (Å²) in [7, 11) is 0. The van der Waals surface area contributed by atoms with Gasteiger partial charge in [-0.1, -0.05) is 42.5 Å². The lowest BCUT2D eigenvalue weighted by molar-refractivity contribution is 0.0954. The van der Waals surface area contributed by atoms with Crippen molar-refractivity contribution < 1.29 is 9.53 Å². The predicted octanol–water partition coefficient (Wildman–Crippen LogP) is 3.93. The molecule has 0 aliphatic carbocycles. The van der Waals surface area contributed by atoms with E-state index in [1.54, 1.807) is 24.3 Å². The van der Waals surface area contributed by atoms with Crippen molar-refractivity contribution in [3.05, 3.63) is 95.6 Å². The van der Waals surface area contributed by atoms with Gasteiger partial charge in [0.15, 0.2) is 0 Å². The highest BCUT2D eigenvalue weighted by Gasteiger charge is 2.26. The third-order valence-electron chi connectivity index (χ3n) is 4.48. The van der Waals surface area contributed by atoms with Crippen molar-refractivity contribution in [2.75, 3.05) is 5.73 Å². The number of benzene rings is 3. The molecule has 0 fully saturated rings. The molecule has 0 aromatic heterocycles. The van der Waals surface area contributed by atoms with E-state index >= 15 is 0 Å². The molecule has 0 bridgehead atoms.